The molecule has 1 aromatic heterocycles. The summed E-state index contributed by atoms with van der Waals surface area (Å²) in [5, 5.41) is 14.3. The fourth-order valence-electron chi connectivity index (χ4n) is 2.41. The highest BCUT2D eigenvalue weighted by Gasteiger charge is 2.19. The molecule has 0 atom stereocenters. The molecule has 8 heteroatoms. The number of nitrogens with two attached hydrogens (primary N) is 1. The predicted molar refractivity (Wildman–Crippen MR) is 83.1 cm³/mol. The summed E-state index contributed by atoms with van der Waals surface area (Å²) in [4.78, 5) is 23.4. The van der Waals surface area contributed by atoms with Crippen molar-refractivity contribution >= 4 is 37.9 Å². The van der Waals surface area contributed by atoms with Gasteiger partial charge in [-0.2, -0.15) is 0 Å². The summed E-state index contributed by atoms with van der Waals surface area (Å²) in [6.07, 6.45) is 0. The lowest BCUT2D eigenvalue weighted by molar-refractivity contribution is 0.0697. The molecule has 0 unspecified atom stereocenters. The molecule has 0 spiro atoms. The highest BCUT2D eigenvalue weighted by Crippen LogP contribution is 2.26. The van der Waals surface area contributed by atoms with E-state index in [1.165, 1.54) is 30.3 Å². The van der Waals surface area contributed by atoms with Gasteiger partial charge in [0.1, 0.15) is 10.5 Å². The van der Waals surface area contributed by atoms with Crippen LogP contribution in [-0.4, -0.2) is 19.5 Å². The zero-order valence-electron chi connectivity index (χ0n) is 11.9. The second-order valence-electron chi connectivity index (χ2n) is 5.13. The van der Waals surface area contributed by atoms with Crippen molar-refractivity contribution in [3.63, 3.8) is 0 Å². The van der Waals surface area contributed by atoms with Gasteiger partial charge in [0.15, 0.2) is 5.58 Å². The first-order chi connectivity index (χ1) is 10.7. The maximum Gasteiger partial charge on any atom is 0.335 e. The fraction of sp³-hybridized carbons (Fsp3) is 0.0667. The van der Waals surface area contributed by atoms with Gasteiger partial charge in [-0.15, -0.1) is 0 Å². The highest BCUT2D eigenvalue weighted by atomic mass is 32.2. The first-order valence-electron chi connectivity index (χ1n) is 6.46. The van der Waals surface area contributed by atoms with Crippen LogP contribution in [-0.2, 0) is 10.0 Å². The first kappa shape index (κ1) is 15.2. The number of rotatable bonds is 2. The standard InChI is InChI=1S/C15H11NO6S/c1-7-4-10-13(17)9-6-8(15(18)19)2-3-11(9)22-14(10)12(5-7)23(16,20)21/h2-6H,1H3,(H,18,19)(H2,16,20,21). The summed E-state index contributed by atoms with van der Waals surface area (Å²) in [5.41, 5.74) is -0.121. The summed E-state index contributed by atoms with van der Waals surface area (Å²) in [7, 11) is -4.09. The van der Waals surface area contributed by atoms with Crippen molar-refractivity contribution in [2.24, 2.45) is 5.14 Å². The minimum atomic E-state index is -4.09. The number of sulfonamides is 1. The van der Waals surface area contributed by atoms with Gasteiger partial charge in [0.2, 0.25) is 15.5 Å². The predicted octanol–water partition coefficient (Wildman–Crippen LogP) is 1.60. The molecule has 118 valence electrons. The zero-order chi connectivity index (χ0) is 16.9. The number of benzene rings is 2. The van der Waals surface area contributed by atoms with E-state index < -0.39 is 21.4 Å². The number of carboxylic acids is 1. The number of hydrogen-bond acceptors (Lipinski definition) is 5. The third-order valence-corrected chi connectivity index (χ3v) is 4.35. The molecule has 0 aliphatic heterocycles. The number of carboxylic acid groups (broad SMARTS) is 1. The molecule has 0 radical (unpaired) electrons. The number of carbonyl (C=O) groups is 1. The van der Waals surface area contributed by atoms with Crippen molar-refractivity contribution in [3.05, 3.63) is 51.7 Å². The molecule has 3 aromatic rings. The van der Waals surface area contributed by atoms with Gasteiger partial charge in [-0.1, -0.05) is 0 Å². The van der Waals surface area contributed by atoms with Crippen molar-refractivity contribution in [1.29, 1.82) is 0 Å². The van der Waals surface area contributed by atoms with Gasteiger partial charge < -0.3 is 9.52 Å². The van der Waals surface area contributed by atoms with Gasteiger partial charge in [0.25, 0.3) is 0 Å². The maximum absolute atomic E-state index is 12.6. The minimum Gasteiger partial charge on any atom is -0.478 e. The number of fused-ring (bicyclic) bond motifs is 2. The first-order valence-corrected chi connectivity index (χ1v) is 8.00. The van der Waals surface area contributed by atoms with E-state index in [1.54, 1.807) is 6.92 Å². The molecule has 0 bridgehead atoms. The highest BCUT2D eigenvalue weighted by molar-refractivity contribution is 7.89. The van der Waals surface area contributed by atoms with E-state index >= 15 is 0 Å². The third-order valence-electron chi connectivity index (χ3n) is 3.43. The Bertz CT molecular complexity index is 1140. The fourth-order valence-corrected chi connectivity index (χ4v) is 3.17. The largest absolute Gasteiger partial charge is 0.478 e. The average Bonchev–Trinajstić information content (AvgIpc) is 2.46. The van der Waals surface area contributed by atoms with Crippen LogP contribution in [0, 0.1) is 6.92 Å². The minimum absolute atomic E-state index is 0.0315. The van der Waals surface area contributed by atoms with Gasteiger partial charge in [-0.05, 0) is 42.8 Å². The molecule has 3 N–H and O–H groups in total. The van der Waals surface area contributed by atoms with E-state index in [-0.39, 0.29) is 32.4 Å². The van der Waals surface area contributed by atoms with Crippen molar-refractivity contribution in [1.82, 2.24) is 0 Å². The Morgan fingerprint density at radius 3 is 2.48 bits per heavy atom. The Morgan fingerprint density at radius 1 is 1.17 bits per heavy atom. The quantitative estimate of drug-likeness (QED) is 0.686. The van der Waals surface area contributed by atoms with Crippen LogP contribution in [0.15, 0.2) is 44.4 Å². The molecule has 0 saturated carbocycles. The summed E-state index contributed by atoms with van der Waals surface area (Å²) >= 11 is 0. The van der Waals surface area contributed by atoms with E-state index in [0.29, 0.717) is 5.56 Å². The van der Waals surface area contributed by atoms with Crippen LogP contribution in [0.5, 0.6) is 0 Å². The van der Waals surface area contributed by atoms with Gasteiger partial charge in [0.05, 0.1) is 16.3 Å². The van der Waals surface area contributed by atoms with Crippen LogP contribution in [0.3, 0.4) is 0 Å². The number of hydrogen-bond donors (Lipinski definition) is 2. The maximum atomic E-state index is 12.6. The van der Waals surface area contributed by atoms with Gasteiger partial charge in [0, 0.05) is 0 Å². The van der Waals surface area contributed by atoms with E-state index in [2.05, 4.69) is 0 Å². The molecule has 1 heterocycles. The SMILES string of the molecule is Cc1cc(S(N)(=O)=O)c2oc3ccc(C(=O)O)cc3c(=O)c2c1. The summed E-state index contributed by atoms with van der Waals surface area (Å²) in [6, 6.07) is 6.57. The molecule has 0 aliphatic rings. The Balaban J connectivity index is 2.56. The van der Waals surface area contributed by atoms with Crippen molar-refractivity contribution in [3.8, 4) is 0 Å². The molecule has 0 amide bonds. The molecule has 0 aliphatic carbocycles. The lowest BCUT2D eigenvalue weighted by Crippen LogP contribution is -2.14. The second-order valence-corrected chi connectivity index (χ2v) is 6.66. The van der Waals surface area contributed by atoms with Crippen molar-refractivity contribution < 1.29 is 22.7 Å². The van der Waals surface area contributed by atoms with Crippen LogP contribution in [0.4, 0.5) is 0 Å². The number of primary sulfonamides is 1. The zero-order valence-corrected chi connectivity index (χ0v) is 12.7. The number of aromatic carboxylic acids is 1. The lowest BCUT2D eigenvalue weighted by atomic mass is 10.1. The Hall–Kier alpha value is -2.71. The van der Waals surface area contributed by atoms with Crippen molar-refractivity contribution in [2.75, 3.05) is 0 Å². The third kappa shape index (κ3) is 2.47. The van der Waals surface area contributed by atoms with Crippen LogP contribution in [0.25, 0.3) is 21.9 Å². The van der Waals surface area contributed by atoms with Crippen LogP contribution < -0.4 is 10.6 Å². The molecule has 0 saturated heterocycles. The van der Waals surface area contributed by atoms with E-state index in [9.17, 15) is 18.0 Å². The molecular weight excluding hydrogens is 322 g/mol. The van der Waals surface area contributed by atoms with Crippen LogP contribution >= 0.6 is 0 Å². The summed E-state index contributed by atoms with van der Waals surface area (Å²) < 4.78 is 29.0. The topological polar surface area (TPSA) is 128 Å². The molecular formula is C15H11NO6S. The van der Waals surface area contributed by atoms with E-state index in [0.717, 1.165) is 0 Å². The van der Waals surface area contributed by atoms with E-state index in [4.69, 9.17) is 14.7 Å². The molecule has 2 aromatic carbocycles. The summed E-state index contributed by atoms with van der Waals surface area (Å²) in [6.45, 7) is 1.62. The van der Waals surface area contributed by atoms with Gasteiger partial charge in [-0.3, -0.25) is 4.79 Å². The number of aryl methyl sites for hydroxylation is 1. The van der Waals surface area contributed by atoms with Crippen LogP contribution in [0.1, 0.15) is 15.9 Å². The lowest BCUT2D eigenvalue weighted by Gasteiger charge is -2.07. The Morgan fingerprint density at radius 2 is 1.87 bits per heavy atom. The molecule has 7 nitrogen and oxygen atoms in total. The Labute approximate surface area is 130 Å². The smallest absolute Gasteiger partial charge is 0.335 e. The Kier molecular flexibility index (Phi) is 3.24. The average molecular weight is 333 g/mol. The monoisotopic (exact) mass is 333 g/mol. The summed E-state index contributed by atoms with van der Waals surface area (Å²) in [5.74, 6) is -1.18. The molecule has 23 heavy (non-hydrogen) atoms. The van der Waals surface area contributed by atoms with Gasteiger partial charge >= 0.3 is 5.97 Å². The van der Waals surface area contributed by atoms with Crippen molar-refractivity contribution in [2.45, 2.75) is 11.8 Å². The normalized spacial score (nSPS) is 11.9. The van der Waals surface area contributed by atoms with Crippen LogP contribution in [0.2, 0.25) is 0 Å². The second kappa shape index (κ2) is 4.90. The van der Waals surface area contributed by atoms with Gasteiger partial charge in [-0.25, -0.2) is 18.4 Å². The van der Waals surface area contributed by atoms with E-state index in [1.807, 2.05) is 0 Å². The molecule has 3 rings (SSSR count). The molecule has 0 fully saturated rings.